The summed E-state index contributed by atoms with van der Waals surface area (Å²) in [7, 11) is 0. The first kappa shape index (κ1) is 19.8. The maximum absolute atomic E-state index is 9.42. The third kappa shape index (κ3) is 3.37. The van der Waals surface area contributed by atoms with Crippen molar-refractivity contribution in [2.75, 3.05) is 13.2 Å². The SMILES string of the molecule is CC(C)(C)N1CN2CC(c3cccc(C#N)c3)(c3ccccc3Cl)N=C(Cl)C2=N1. The highest BCUT2D eigenvalue weighted by molar-refractivity contribution is 6.83. The number of rotatable bonds is 2. The Bertz CT molecular complexity index is 1060. The van der Waals surface area contributed by atoms with Gasteiger partial charge in [-0.15, -0.1) is 0 Å². The smallest absolute Gasteiger partial charge is 0.187 e. The number of halogens is 2. The van der Waals surface area contributed by atoms with Crippen LogP contribution in [0.1, 0.15) is 37.5 Å². The van der Waals surface area contributed by atoms with Gasteiger partial charge in [0.05, 0.1) is 23.7 Å². The summed E-state index contributed by atoms with van der Waals surface area (Å²) in [4.78, 5) is 7.07. The van der Waals surface area contributed by atoms with Gasteiger partial charge in [-0.1, -0.05) is 53.5 Å². The second-order valence-electron chi connectivity index (χ2n) is 8.27. The molecular weight excluding hydrogens is 405 g/mol. The lowest BCUT2D eigenvalue weighted by Gasteiger charge is -2.40. The quantitative estimate of drug-likeness (QED) is 0.694. The van der Waals surface area contributed by atoms with Gasteiger partial charge in [0.25, 0.3) is 0 Å². The zero-order valence-electron chi connectivity index (χ0n) is 16.5. The number of benzene rings is 2. The Labute approximate surface area is 180 Å². The first-order chi connectivity index (χ1) is 13.7. The zero-order valence-corrected chi connectivity index (χ0v) is 18.0. The zero-order chi connectivity index (χ0) is 20.8. The second-order valence-corrected chi connectivity index (χ2v) is 9.03. The number of amidine groups is 1. The molecule has 2 aromatic rings. The molecule has 2 heterocycles. The van der Waals surface area contributed by atoms with Crippen LogP contribution in [0.3, 0.4) is 0 Å². The number of nitrogens with zero attached hydrogens (tertiary/aromatic N) is 5. The summed E-state index contributed by atoms with van der Waals surface area (Å²) >= 11 is 13.3. The lowest BCUT2D eigenvalue weighted by Crippen LogP contribution is -2.50. The third-order valence-corrected chi connectivity index (χ3v) is 5.86. The molecule has 7 heteroatoms. The lowest BCUT2D eigenvalue weighted by molar-refractivity contribution is 0.113. The van der Waals surface area contributed by atoms with Crippen LogP contribution >= 0.6 is 23.2 Å². The Morgan fingerprint density at radius 2 is 1.86 bits per heavy atom. The highest BCUT2D eigenvalue weighted by atomic mass is 35.5. The van der Waals surface area contributed by atoms with E-state index in [1.165, 1.54) is 0 Å². The molecule has 0 spiro atoms. The maximum Gasteiger partial charge on any atom is 0.187 e. The van der Waals surface area contributed by atoms with Crippen LogP contribution in [-0.4, -0.2) is 39.7 Å². The molecule has 1 unspecified atom stereocenters. The van der Waals surface area contributed by atoms with Gasteiger partial charge in [-0.25, -0.2) is 0 Å². The lowest BCUT2D eigenvalue weighted by atomic mass is 9.81. The molecule has 0 aliphatic carbocycles. The van der Waals surface area contributed by atoms with Gasteiger partial charge in [-0.05, 0) is 44.5 Å². The van der Waals surface area contributed by atoms with Crippen LogP contribution in [0.4, 0.5) is 0 Å². The summed E-state index contributed by atoms with van der Waals surface area (Å²) < 4.78 is 0. The van der Waals surface area contributed by atoms with Crippen LogP contribution in [0.25, 0.3) is 0 Å². The van der Waals surface area contributed by atoms with E-state index in [4.69, 9.17) is 33.3 Å². The van der Waals surface area contributed by atoms with Crippen LogP contribution in [-0.2, 0) is 5.54 Å². The molecule has 4 rings (SSSR count). The van der Waals surface area contributed by atoms with Gasteiger partial charge >= 0.3 is 0 Å². The fourth-order valence-electron chi connectivity index (χ4n) is 3.73. The van der Waals surface area contributed by atoms with Crippen LogP contribution in [0.15, 0.2) is 58.6 Å². The van der Waals surface area contributed by atoms with Gasteiger partial charge in [0, 0.05) is 10.6 Å². The largest absolute Gasteiger partial charge is 0.330 e. The predicted molar refractivity (Wildman–Crippen MR) is 117 cm³/mol. The molecule has 0 saturated carbocycles. The summed E-state index contributed by atoms with van der Waals surface area (Å²) in [6.45, 7) is 7.46. The average molecular weight is 426 g/mol. The molecule has 0 fully saturated rings. The summed E-state index contributed by atoms with van der Waals surface area (Å²) in [5, 5.41) is 17.1. The van der Waals surface area contributed by atoms with Gasteiger partial charge in [0.15, 0.2) is 11.0 Å². The van der Waals surface area contributed by atoms with E-state index in [1.54, 1.807) is 6.07 Å². The number of aliphatic imine (C=N–C) groups is 1. The van der Waals surface area contributed by atoms with Crippen molar-refractivity contribution in [1.29, 1.82) is 5.26 Å². The molecule has 0 saturated heterocycles. The van der Waals surface area contributed by atoms with Crippen molar-refractivity contribution >= 4 is 34.2 Å². The molecule has 2 aliphatic rings. The Morgan fingerprint density at radius 1 is 1.10 bits per heavy atom. The van der Waals surface area contributed by atoms with Crippen molar-refractivity contribution in [2.24, 2.45) is 10.1 Å². The predicted octanol–water partition coefficient (Wildman–Crippen LogP) is 4.79. The number of hydrazone groups is 1. The molecule has 2 aliphatic heterocycles. The monoisotopic (exact) mass is 425 g/mol. The third-order valence-electron chi connectivity index (χ3n) is 5.28. The highest BCUT2D eigenvalue weighted by Crippen LogP contribution is 2.42. The van der Waals surface area contributed by atoms with Crippen molar-refractivity contribution in [1.82, 2.24) is 9.91 Å². The Hall–Kier alpha value is -2.55. The first-order valence-electron chi connectivity index (χ1n) is 9.37. The van der Waals surface area contributed by atoms with Crippen molar-refractivity contribution in [3.05, 3.63) is 70.2 Å². The summed E-state index contributed by atoms with van der Waals surface area (Å²) in [6.07, 6.45) is 0. The van der Waals surface area contributed by atoms with E-state index in [9.17, 15) is 5.26 Å². The molecule has 0 bridgehead atoms. The fraction of sp³-hybridized carbons (Fsp3) is 0.318. The molecule has 148 valence electrons. The highest BCUT2D eigenvalue weighted by Gasteiger charge is 2.46. The minimum Gasteiger partial charge on any atom is -0.330 e. The van der Waals surface area contributed by atoms with Crippen LogP contribution in [0, 0.1) is 11.3 Å². The van der Waals surface area contributed by atoms with Crippen LogP contribution in [0.2, 0.25) is 5.02 Å². The molecular formula is C22H21Cl2N5. The molecule has 29 heavy (non-hydrogen) atoms. The minimum atomic E-state index is -0.838. The minimum absolute atomic E-state index is 0.144. The molecule has 0 amide bonds. The van der Waals surface area contributed by atoms with E-state index in [1.807, 2.05) is 47.5 Å². The molecule has 2 aromatic carbocycles. The topological polar surface area (TPSA) is 55.0 Å². The second kappa shape index (κ2) is 7.05. The van der Waals surface area contributed by atoms with Crippen molar-refractivity contribution in [3.63, 3.8) is 0 Å². The number of hydrogen-bond donors (Lipinski definition) is 0. The Balaban J connectivity index is 1.90. The fourth-order valence-corrected chi connectivity index (χ4v) is 4.32. The maximum atomic E-state index is 9.42. The van der Waals surface area contributed by atoms with Gasteiger partial charge in [0.2, 0.25) is 0 Å². The molecule has 0 N–H and O–H groups in total. The van der Waals surface area contributed by atoms with Crippen molar-refractivity contribution in [2.45, 2.75) is 31.8 Å². The summed E-state index contributed by atoms with van der Waals surface area (Å²) in [6, 6.07) is 17.3. The van der Waals surface area contributed by atoms with Gasteiger partial charge in [-0.2, -0.15) is 10.4 Å². The van der Waals surface area contributed by atoms with E-state index >= 15 is 0 Å². The van der Waals surface area contributed by atoms with Gasteiger partial charge in [0.1, 0.15) is 12.2 Å². The number of nitriles is 1. The molecule has 5 nitrogen and oxygen atoms in total. The van der Waals surface area contributed by atoms with E-state index < -0.39 is 5.54 Å². The van der Waals surface area contributed by atoms with E-state index in [-0.39, 0.29) is 5.54 Å². The van der Waals surface area contributed by atoms with Crippen LogP contribution < -0.4 is 0 Å². The summed E-state index contributed by atoms with van der Waals surface area (Å²) in [5.74, 6) is 0.667. The Morgan fingerprint density at radius 3 is 2.55 bits per heavy atom. The van der Waals surface area contributed by atoms with E-state index in [0.717, 1.165) is 11.1 Å². The molecule has 0 aromatic heterocycles. The normalized spacial score (nSPS) is 21.4. The standard InChI is InChI=1S/C22H21Cl2N5/c1-21(2,3)29-14-28-13-22(26-19(24)20(28)27-29,17-9-4-5-10-18(17)23)16-8-6-7-15(11-16)12-25/h4-11H,13-14H2,1-3H3. The average Bonchev–Trinajstić information content (AvgIpc) is 3.13. The first-order valence-corrected chi connectivity index (χ1v) is 10.1. The molecule has 1 atom stereocenters. The molecule has 0 radical (unpaired) electrons. The number of hydrogen-bond acceptors (Lipinski definition) is 5. The summed E-state index contributed by atoms with van der Waals surface area (Å²) in [5.41, 5.74) is 1.31. The van der Waals surface area contributed by atoms with Crippen molar-refractivity contribution in [3.8, 4) is 6.07 Å². The van der Waals surface area contributed by atoms with E-state index in [2.05, 4.69) is 31.7 Å². The van der Waals surface area contributed by atoms with Crippen LogP contribution in [0.5, 0.6) is 0 Å². The van der Waals surface area contributed by atoms with Gasteiger partial charge < -0.3 is 4.90 Å². The Kier molecular flexibility index (Phi) is 4.80. The van der Waals surface area contributed by atoms with Crippen molar-refractivity contribution < 1.29 is 0 Å². The number of fused-ring (bicyclic) bond motifs is 1. The van der Waals surface area contributed by atoms with E-state index in [0.29, 0.717) is 34.8 Å². The van der Waals surface area contributed by atoms with Gasteiger partial charge in [-0.3, -0.25) is 10.0 Å².